The minimum Gasteiger partial charge on any atom is -0.372 e. The lowest BCUT2D eigenvalue weighted by Crippen LogP contribution is -2.26. The summed E-state index contributed by atoms with van der Waals surface area (Å²) in [7, 11) is 1.95. The molecule has 0 saturated heterocycles. The Hall–Kier alpha value is -0.140. The number of hydrogen-bond acceptors (Lipinski definition) is 1. The molecule has 0 aromatic rings. The predicted molar refractivity (Wildman–Crippen MR) is 45.1 cm³/mol. The normalized spacial score (nSPS) is 26.0. The van der Waals surface area contributed by atoms with Gasteiger partial charge in [-0.2, -0.15) is 0 Å². The van der Waals surface area contributed by atoms with E-state index in [1.165, 1.54) is 0 Å². The van der Waals surface area contributed by atoms with Crippen LogP contribution in [-0.2, 0) is 0 Å². The smallest absolute Gasteiger partial charge is 0.0612 e. The molecule has 0 fully saturated rings. The zero-order valence-corrected chi connectivity index (χ0v) is 7.45. The van der Waals surface area contributed by atoms with Gasteiger partial charge in [-0.25, -0.2) is 0 Å². The largest absolute Gasteiger partial charge is 0.372 e. The number of likely N-dealkylation sites (N-methyl/N-ethyl adjacent to an activating group) is 1. The summed E-state index contributed by atoms with van der Waals surface area (Å²) < 4.78 is 0. The van der Waals surface area contributed by atoms with Crippen LogP contribution in [0.25, 0.3) is 0 Å². The fourth-order valence-electron chi connectivity index (χ4n) is 0.790. The molecule has 1 heterocycles. The van der Waals surface area contributed by atoms with Gasteiger partial charge >= 0.3 is 0 Å². The number of allylic oxidation sites excluding steroid dienone is 2. The van der Waals surface area contributed by atoms with Crippen LogP contribution in [0, 0.1) is 0 Å². The van der Waals surface area contributed by atoms with E-state index in [-0.39, 0.29) is 6.04 Å². The van der Waals surface area contributed by atoms with Crippen LogP contribution in [0.15, 0.2) is 22.3 Å². The summed E-state index contributed by atoms with van der Waals surface area (Å²) in [4.78, 5) is 1.98. The molecule has 0 bridgehead atoms. The highest BCUT2D eigenvalue weighted by molar-refractivity contribution is 6.35. The van der Waals surface area contributed by atoms with Crippen molar-refractivity contribution in [2.24, 2.45) is 0 Å². The first-order chi connectivity index (χ1) is 4.61. The second-order valence-electron chi connectivity index (χ2n) is 2.38. The van der Waals surface area contributed by atoms with E-state index in [2.05, 4.69) is 0 Å². The Morgan fingerprint density at radius 2 is 2.10 bits per heavy atom. The fourth-order valence-corrected chi connectivity index (χ4v) is 1.39. The first-order valence-electron chi connectivity index (χ1n) is 3.07. The molecule has 0 aliphatic carbocycles. The van der Waals surface area contributed by atoms with Gasteiger partial charge in [-0.3, -0.25) is 0 Å². The van der Waals surface area contributed by atoms with E-state index in [4.69, 9.17) is 23.2 Å². The molecular weight excluding hydrogens is 169 g/mol. The second kappa shape index (κ2) is 2.85. The van der Waals surface area contributed by atoms with Crippen molar-refractivity contribution in [3.63, 3.8) is 0 Å². The Bertz CT molecular complexity index is 196. The molecule has 0 radical (unpaired) electrons. The predicted octanol–water partition coefficient (Wildman–Crippen LogP) is 2.52. The summed E-state index contributed by atoms with van der Waals surface area (Å²) in [6.07, 6.45) is 3.63. The quantitative estimate of drug-likeness (QED) is 0.550. The SMILES string of the molecule is CC1C(Cl)=CC(Cl)=CN1C. The highest BCUT2D eigenvalue weighted by Crippen LogP contribution is 2.23. The molecule has 1 aliphatic rings. The topological polar surface area (TPSA) is 3.24 Å². The van der Waals surface area contributed by atoms with Crippen LogP contribution in [0.1, 0.15) is 6.92 Å². The molecule has 0 amide bonds. The van der Waals surface area contributed by atoms with E-state index in [0.29, 0.717) is 5.03 Å². The maximum Gasteiger partial charge on any atom is 0.0612 e. The van der Waals surface area contributed by atoms with Crippen molar-refractivity contribution in [3.05, 3.63) is 22.3 Å². The third kappa shape index (κ3) is 1.47. The highest BCUT2D eigenvalue weighted by Gasteiger charge is 2.14. The molecule has 1 atom stereocenters. The lowest BCUT2D eigenvalue weighted by molar-refractivity contribution is 0.396. The van der Waals surface area contributed by atoms with Crippen molar-refractivity contribution in [1.29, 1.82) is 0 Å². The molecule has 10 heavy (non-hydrogen) atoms. The number of hydrogen-bond donors (Lipinski definition) is 0. The maximum absolute atomic E-state index is 5.85. The van der Waals surface area contributed by atoms with Gasteiger partial charge in [-0.05, 0) is 13.0 Å². The first-order valence-corrected chi connectivity index (χ1v) is 3.83. The molecular formula is C7H9Cl2N. The van der Waals surface area contributed by atoms with Gasteiger partial charge in [0.15, 0.2) is 0 Å². The van der Waals surface area contributed by atoms with Gasteiger partial charge in [0.25, 0.3) is 0 Å². The van der Waals surface area contributed by atoms with Crippen LogP contribution >= 0.6 is 23.2 Å². The molecule has 0 saturated carbocycles. The third-order valence-electron chi connectivity index (χ3n) is 1.61. The van der Waals surface area contributed by atoms with Gasteiger partial charge in [-0.1, -0.05) is 23.2 Å². The molecule has 1 unspecified atom stereocenters. The van der Waals surface area contributed by atoms with Crippen molar-refractivity contribution < 1.29 is 0 Å². The molecule has 0 N–H and O–H groups in total. The highest BCUT2D eigenvalue weighted by atomic mass is 35.5. The van der Waals surface area contributed by atoms with Crippen LogP contribution in [0.4, 0.5) is 0 Å². The monoisotopic (exact) mass is 177 g/mol. The zero-order chi connectivity index (χ0) is 7.72. The average molecular weight is 178 g/mol. The summed E-state index contributed by atoms with van der Waals surface area (Å²) in [6, 6.07) is 0.254. The summed E-state index contributed by atoms with van der Waals surface area (Å²) in [5.41, 5.74) is 0. The number of halogens is 2. The lowest BCUT2D eigenvalue weighted by Gasteiger charge is -2.26. The van der Waals surface area contributed by atoms with Crippen molar-refractivity contribution in [2.45, 2.75) is 13.0 Å². The molecule has 1 aliphatic heterocycles. The van der Waals surface area contributed by atoms with Crippen LogP contribution in [0.2, 0.25) is 0 Å². The van der Waals surface area contributed by atoms with Gasteiger partial charge in [-0.15, -0.1) is 0 Å². The third-order valence-corrected chi connectivity index (χ3v) is 2.24. The van der Waals surface area contributed by atoms with Crippen molar-refractivity contribution in [1.82, 2.24) is 4.90 Å². The van der Waals surface area contributed by atoms with Gasteiger partial charge in [0.1, 0.15) is 0 Å². The van der Waals surface area contributed by atoms with Crippen molar-refractivity contribution >= 4 is 23.2 Å². The number of nitrogens with zero attached hydrogens (tertiary/aromatic N) is 1. The number of rotatable bonds is 0. The van der Waals surface area contributed by atoms with Crippen LogP contribution in [0.3, 0.4) is 0 Å². The Morgan fingerprint density at radius 3 is 2.60 bits per heavy atom. The van der Waals surface area contributed by atoms with E-state index in [0.717, 1.165) is 5.03 Å². The minimum absolute atomic E-state index is 0.254. The van der Waals surface area contributed by atoms with E-state index in [1.807, 2.05) is 25.1 Å². The molecule has 1 rings (SSSR count). The molecule has 0 aromatic heterocycles. The van der Waals surface area contributed by atoms with Crippen LogP contribution in [-0.4, -0.2) is 18.0 Å². The fraction of sp³-hybridized carbons (Fsp3) is 0.429. The van der Waals surface area contributed by atoms with Gasteiger partial charge in [0, 0.05) is 18.3 Å². The van der Waals surface area contributed by atoms with Gasteiger partial charge in [0.05, 0.1) is 11.1 Å². The molecule has 1 nitrogen and oxygen atoms in total. The van der Waals surface area contributed by atoms with Crippen LogP contribution in [0.5, 0.6) is 0 Å². The van der Waals surface area contributed by atoms with Crippen molar-refractivity contribution in [2.75, 3.05) is 7.05 Å². The summed E-state index contributed by atoms with van der Waals surface area (Å²) in [6.45, 7) is 2.03. The van der Waals surface area contributed by atoms with Crippen LogP contribution < -0.4 is 0 Å². The Labute approximate surface area is 70.9 Å². The summed E-state index contributed by atoms with van der Waals surface area (Å²) in [5.74, 6) is 0. The Kier molecular flexibility index (Phi) is 2.27. The standard InChI is InChI=1S/C7H9Cl2N/c1-5-7(9)3-6(8)4-10(5)2/h3-5H,1-2H3. The first kappa shape index (κ1) is 7.96. The van der Waals surface area contributed by atoms with E-state index in [9.17, 15) is 0 Å². The summed E-state index contributed by atoms with van der Waals surface area (Å²) in [5, 5.41) is 1.47. The van der Waals surface area contributed by atoms with E-state index < -0.39 is 0 Å². The Balaban J connectivity index is 2.85. The second-order valence-corrected chi connectivity index (χ2v) is 3.26. The summed E-state index contributed by atoms with van der Waals surface area (Å²) >= 11 is 11.6. The van der Waals surface area contributed by atoms with E-state index in [1.54, 1.807) is 6.08 Å². The maximum atomic E-state index is 5.85. The minimum atomic E-state index is 0.254. The molecule has 0 aromatic carbocycles. The van der Waals surface area contributed by atoms with Gasteiger partial charge < -0.3 is 4.90 Å². The van der Waals surface area contributed by atoms with Crippen molar-refractivity contribution in [3.8, 4) is 0 Å². The zero-order valence-electron chi connectivity index (χ0n) is 5.94. The Morgan fingerprint density at radius 1 is 1.50 bits per heavy atom. The van der Waals surface area contributed by atoms with Gasteiger partial charge in [0.2, 0.25) is 0 Å². The lowest BCUT2D eigenvalue weighted by atomic mass is 10.2. The molecule has 3 heteroatoms. The van der Waals surface area contributed by atoms with E-state index >= 15 is 0 Å². The average Bonchev–Trinajstić information content (AvgIpc) is 1.82. The molecule has 56 valence electrons. The molecule has 0 spiro atoms.